The average molecular weight is 378 g/mol. The van der Waals surface area contributed by atoms with Crippen molar-refractivity contribution in [2.75, 3.05) is 6.54 Å². The highest BCUT2D eigenvalue weighted by Gasteiger charge is 2.22. The number of amides is 1. The third-order valence-corrected chi connectivity index (χ3v) is 4.46. The van der Waals surface area contributed by atoms with Gasteiger partial charge in [-0.1, -0.05) is 42.5 Å². The van der Waals surface area contributed by atoms with Gasteiger partial charge in [0.05, 0.1) is 17.2 Å². The van der Waals surface area contributed by atoms with Gasteiger partial charge in [0.15, 0.2) is 0 Å². The number of carbonyl (C=O) groups excluding carboxylic acids is 2. The van der Waals surface area contributed by atoms with E-state index in [9.17, 15) is 19.5 Å². The lowest BCUT2D eigenvalue weighted by molar-refractivity contribution is -0.305. The first-order valence-electron chi connectivity index (χ1n) is 9.03. The third-order valence-electron chi connectivity index (χ3n) is 4.46. The lowest BCUT2D eigenvalue weighted by atomic mass is 10.0. The largest absolute Gasteiger partial charge is 0.550 e. The molecule has 1 N–H and O–H groups in total. The highest BCUT2D eigenvalue weighted by atomic mass is 16.4. The van der Waals surface area contributed by atoms with Crippen LogP contribution in [0.1, 0.15) is 24.4 Å². The molecule has 0 saturated carbocycles. The van der Waals surface area contributed by atoms with Crippen LogP contribution < -0.4 is 16.0 Å². The quantitative estimate of drug-likeness (QED) is 0.585. The predicted molar refractivity (Wildman–Crippen MR) is 102 cm³/mol. The van der Waals surface area contributed by atoms with Crippen LogP contribution in [0.3, 0.4) is 0 Å². The molecule has 0 saturated heterocycles. The smallest absolute Gasteiger partial charge is 0.261 e. The van der Waals surface area contributed by atoms with Crippen molar-refractivity contribution in [2.45, 2.75) is 25.3 Å². The molecule has 3 aromatic rings. The SMILES string of the molecule is O=C([O-])CCCNC(=O)[C@H](Cc1ccccc1)n1cnc2ccccc2c1=O. The number of aliphatic carboxylic acids is 1. The van der Waals surface area contributed by atoms with Crippen LogP contribution in [0.2, 0.25) is 0 Å². The predicted octanol–water partition coefficient (Wildman–Crippen LogP) is 0.827. The summed E-state index contributed by atoms with van der Waals surface area (Å²) in [4.78, 5) is 40.6. The molecule has 0 radical (unpaired) electrons. The van der Waals surface area contributed by atoms with Gasteiger partial charge >= 0.3 is 0 Å². The Bertz CT molecular complexity index is 1030. The number of rotatable bonds is 8. The van der Waals surface area contributed by atoms with Gasteiger partial charge in [0, 0.05) is 18.9 Å². The maximum absolute atomic E-state index is 12.9. The molecule has 1 aromatic heterocycles. The van der Waals surface area contributed by atoms with Crippen LogP contribution in [-0.4, -0.2) is 28.0 Å². The zero-order valence-corrected chi connectivity index (χ0v) is 15.2. The van der Waals surface area contributed by atoms with Crippen molar-refractivity contribution in [2.24, 2.45) is 0 Å². The summed E-state index contributed by atoms with van der Waals surface area (Å²) in [5.41, 5.74) is 1.17. The number of benzene rings is 2. The van der Waals surface area contributed by atoms with Crippen LogP contribution in [-0.2, 0) is 16.0 Å². The van der Waals surface area contributed by atoms with Crippen LogP contribution in [0.4, 0.5) is 0 Å². The molecular formula is C21H20N3O4-. The summed E-state index contributed by atoms with van der Waals surface area (Å²) >= 11 is 0. The molecule has 7 heteroatoms. The van der Waals surface area contributed by atoms with Crippen LogP contribution in [0.25, 0.3) is 10.9 Å². The average Bonchev–Trinajstić information content (AvgIpc) is 2.71. The Kier molecular flexibility index (Phi) is 6.16. The van der Waals surface area contributed by atoms with E-state index in [4.69, 9.17) is 0 Å². The van der Waals surface area contributed by atoms with E-state index in [0.29, 0.717) is 17.3 Å². The summed E-state index contributed by atoms with van der Waals surface area (Å²) < 4.78 is 1.34. The molecule has 1 heterocycles. The zero-order chi connectivity index (χ0) is 19.9. The fourth-order valence-corrected chi connectivity index (χ4v) is 3.02. The van der Waals surface area contributed by atoms with E-state index in [1.165, 1.54) is 10.9 Å². The Morgan fingerprint density at radius 1 is 1.07 bits per heavy atom. The van der Waals surface area contributed by atoms with Crippen LogP contribution in [0, 0.1) is 0 Å². The molecule has 1 amide bonds. The maximum atomic E-state index is 12.9. The molecule has 0 unspecified atom stereocenters. The van der Waals surface area contributed by atoms with Crippen LogP contribution in [0.5, 0.6) is 0 Å². The standard InChI is InChI=1S/C21H21N3O4/c25-19(26)11-6-12-22-20(27)18(13-15-7-2-1-3-8-15)24-14-23-17-10-5-4-9-16(17)21(24)28/h1-5,7-10,14,18H,6,11-13H2,(H,22,27)(H,25,26)/p-1/t18-/m0/s1. The Morgan fingerprint density at radius 3 is 2.54 bits per heavy atom. The van der Waals surface area contributed by atoms with E-state index < -0.39 is 12.0 Å². The van der Waals surface area contributed by atoms with Gasteiger partial charge in [-0.05, 0) is 30.5 Å². The maximum Gasteiger partial charge on any atom is 0.261 e. The minimum atomic E-state index is -1.16. The fourth-order valence-electron chi connectivity index (χ4n) is 3.02. The van der Waals surface area contributed by atoms with E-state index in [1.54, 1.807) is 24.3 Å². The molecular weight excluding hydrogens is 358 g/mol. The molecule has 0 fully saturated rings. The van der Waals surface area contributed by atoms with Crippen molar-refractivity contribution >= 4 is 22.8 Å². The van der Waals surface area contributed by atoms with Crippen molar-refractivity contribution in [3.8, 4) is 0 Å². The molecule has 7 nitrogen and oxygen atoms in total. The number of aromatic nitrogens is 2. The number of hydrogen-bond acceptors (Lipinski definition) is 5. The summed E-state index contributed by atoms with van der Waals surface area (Å²) in [5.74, 6) is -1.52. The van der Waals surface area contributed by atoms with Gasteiger partial charge in [0.25, 0.3) is 5.56 Å². The second kappa shape index (κ2) is 8.94. The van der Waals surface area contributed by atoms with Crippen LogP contribution >= 0.6 is 0 Å². The van der Waals surface area contributed by atoms with E-state index in [0.717, 1.165) is 5.56 Å². The molecule has 0 spiro atoms. The highest BCUT2D eigenvalue weighted by molar-refractivity contribution is 5.82. The Morgan fingerprint density at radius 2 is 1.79 bits per heavy atom. The van der Waals surface area contributed by atoms with Gasteiger partial charge in [-0.25, -0.2) is 4.98 Å². The van der Waals surface area contributed by atoms with Crippen molar-refractivity contribution in [3.63, 3.8) is 0 Å². The number of hydrogen-bond donors (Lipinski definition) is 1. The number of nitrogens with one attached hydrogen (secondary N) is 1. The number of para-hydroxylation sites is 1. The lowest BCUT2D eigenvalue weighted by Gasteiger charge is -2.20. The monoisotopic (exact) mass is 378 g/mol. The lowest BCUT2D eigenvalue weighted by Crippen LogP contribution is -2.39. The van der Waals surface area contributed by atoms with Gasteiger partial charge in [0.2, 0.25) is 5.91 Å². The van der Waals surface area contributed by atoms with Crippen molar-refractivity contribution < 1.29 is 14.7 Å². The minimum Gasteiger partial charge on any atom is -0.550 e. The fraction of sp³-hybridized carbons (Fsp3) is 0.238. The first kappa shape index (κ1) is 19.3. The zero-order valence-electron chi connectivity index (χ0n) is 15.2. The first-order valence-corrected chi connectivity index (χ1v) is 9.03. The van der Waals surface area contributed by atoms with E-state index >= 15 is 0 Å². The molecule has 3 rings (SSSR count). The Balaban J connectivity index is 1.90. The van der Waals surface area contributed by atoms with Crippen molar-refractivity contribution in [1.82, 2.24) is 14.9 Å². The second-order valence-electron chi connectivity index (χ2n) is 6.45. The van der Waals surface area contributed by atoms with Gasteiger partial charge in [-0.15, -0.1) is 0 Å². The molecule has 0 aliphatic rings. The van der Waals surface area contributed by atoms with E-state index in [2.05, 4.69) is 10.3 Å². The number of nitrogens with zero attached hydrogens (tertiary/aromatic N) is 2. The van der Waals surface area contributed by atoms with Crippen molar-refractivity contribution in [3.05, 3.63) is 76.8 Å². The summed E-state index contributed by atoms with van der Waals surface area (Å²) in [6, 6.07) is 15.6. The number of carboxylic acid groups (broad SMARTS) is 1. The molecule has 144 valence electrons. The molecule has 2 aromatic carbocycles. The molecule has 1 atom stereocenters. The third kappa shape index (κ3) is 4.62. The molecule has 28 heavy (non-hydrogen) atoms. The van der Waals surface area contributed by atoms with Gasteiger partial charge in [-0.2, -0.15) is 0 Å². The van der Waals surface area contributed by atoms with Gasteiger partial charge in [0.1, 0.15) is 6.04 Å². The summed E-state index contributed by atoms with van der Waals surface area (Å²) in [5, 5.41) is 13.7. The highest BCUT2D eigenvalue weighted by Crippen LogP contribution is 2.15. The number of carboxylic acids is 1. The number of fused-ring (bicyclic) bond motifs is 1. The second-order valence-corrected chi connectivity index (χ2v) is 6.45. The topological polar surface area (TPSA) is 104 Å². The summed E-state index contributed by atoms with van der Waals surface area (Å²) in [6.45, 7) is 0.188. The first-order chi connectivity index (χ1) is 13.6. The minimum absolute atomic E-state index is 0.138. The molecule has 0 bridgehead atoms. The normalized spacial score (nSPS) is 11.9. The molecule has 0 aliphatic carbocycles. The van der Waals surface area contributed by atoms with E-state index in [1.807, 2.05) is 30.3 Å². The van der Waals surface area contributed by atoms with Gasteiger partial charge in [-0.3, -0.25) is 14.2 Å². The van der Waals surface area contributed by atoms with Crippen LogP contribution in [0.15, 0.2) is 65.7 Å². The molecule has 0 aliphatic heterocycles. The van der Waals surface area contributed by atoms with Gasteiger partial charge < -0.3 is 15.2 Å². The summed E-state index contributed by atoms with van der Waals surface area (Å²) in [7, 11) is 0. The van der Waals surface area contributed by atoms with Crippen molar-refractivity contribution in [1.29, 1.82) is 0 Å². The Hall–Kier alpha value is -3.48. The van der Waals surface area contributed by atoms with E-state index in [-0.39, 0.29) is 30.9 Å². The summed E-state index contributed by atoms with van der Waals surface area (Å²) in [6.07, 6.45) is 1.82. The number of carbonyl (C=O) groups is 2. The Labute approximate surface area is 161 Å².